The SMILES string of the molecule is Fc1c(Cl)cc(NCc2cncc3ccccc23)cc1Cl. The number of halogens is 3. The minimum Gasteiger partial charge on any atom is -0.381 e. The lowest BCUT2D eigenvalue weighted by Crippen LogP contribution is -2.01. The fraction of sp³-hybridized carbons (Fsp3) is 0.0625. The molecule has 2 aromatic carbocycles. The number of benzene rings is 2. The van der Waals surface area contributed by atoms with Crippen molar-refractivity contribution in [2.24, 2.45) is 0 Å². The van der Waals surface area contributed by atoms with E-state index in [0.29, 0.717) is 12.2 Å². The molecule has 0 aliphatic carbocycles. The van der Waals surface area contributed by atoms with Crippen LogP contribution in [0.2, 0.25) is 10.0 Å². The van der Waals surface area contributed by atoms with Gasteiger partial charge in [-0.25, -0.2) is 4.39 Å². The van der Waals surface area contributed by atoms with Gasteiger partial charge in [0.05, 0.1) is 10.0 Å². The molecular formula is C16H11Cl2FN2. The highest BCUT2D eigenvalue weighted by Gasteiger charge is 2.08. The van der Waals surface area contributed by atoms with Crippen LogP contribution in [0.4, 0.5) is 10.1 Å². The molecule has 0 fully saturated rings. The van der Waals surface area contributed by atoms with E-state index in [1.807, 2.05) is 36.7 Å². The van der Waals surface area contributed by atoms with Crippen molar-refractivity contribution in [1.29, 1.82) is 0 Å². The molecule has 106 valence electrons. The Bertz CT molecular complexity index is 777. The van der Waals surface area contributed by atoms with Gasteiger partial charge in [0.25, 0.3) is 0 Å². The van der Waals surface area contributed by atoms with E-state index < -0.39 is 5.82 Å². The summed E-state index contributed by atoms with van der Waals surface area (Å²) in [6.45, 7) is 0.548. The van der Waals surface area contributed by atoms with Gasteiger partial charge in [-0.2, -0.15) is 0 Å². The number of nitrogens with zero attached hydrogens (tertiary/aromatic N) is 1. The first-order valence-corrected chi connectivity index (χ1v) is 7.11. The van der Waals surface area contributed by atoms with Gasteiger partial charge in [0.15, 0.2) is 5.82 Å². The third-order valence-corrected chi connectivity index (χ3v) is 3.77. The Labute approximate surface area is 131 Å². The standard InChI is InChI=1S/C16H11Cl2FN2/c17-14-5-12(6-15(18)16(14)19)21-9-11-8-20-7-10-3-1-2-4-13(10)11/h1-8,21H,9H2. The number of fused-ring (bicyclic) bond motifs is 1. The first-order valence-electron chi connectivity index (χ1n) is 6.35. The molecule has 3 aromatic rings. The fourth-order valence-corrected chi connectivity index (χ4v) is 2.66. The largest absolute Gasteiger partial charge is 0.381 e. The second-order valence-corrected chi connectivity index (χ2v) is 5.44. The summed E-state index contributed by atoms with van der Waals surface area (Å²) in [6.07, 6.45) is 3.63. The third-order valence-electron chi connectivity index (χ3n) is 3.22. The summed E-state index contributed by atoms with van der Waals surface area (Å²) in [6, 6.07) is 11.0. The van der Waals surface area contributed by atoms with Crippen LogP contribution in [0.3, 0.4) is 0 Å². The molecule has 0 radical (unpaired) electrons. The van der Waals surface area contributed by atoms with Crippen LogP contribution in [0.25, 0.3) is 10.8 Å². The van der Waals surface area contributed by atoms with Crippen molar-refractivity contribution >= 4 is 39.7 Å². The number of pyridine rings is 1. The van der Waals surface area contributed by atoms with Gasteiger partial charge in [0.2, 0.25) is 0 Å². The first kappa shape index (κ1) is 14.1. The molecule has 0 atom stereocenters. The number of aromatic nitrogens is 1. The molecule has 0 saturated heterocycles. The number of rotatable bonds is 3. The second-order valence-electron chi connectivity index (χ2n) is 4.63. The van der Waals surface area contributed by atoms with Gasteiger partial charge in [-0.1, -0.05) is 47.5 Å². The van der Waals surface area contributed by atoms with Crippen molar-refractivity contribution in [1.82, 2.24) is 4.98 Å². The molecule has 1 heterocycles. The molecule has 5 heteroatoms. The summed E-state index contributed by atoms with van der Waals surface area (Å²) in [7, 11) is 0. The third kappa shape index (κ3) is 2.94. The van der Waals surface area contributed by atoms with Gasteiger partial charge in [-0.3, -0.25) is 4.98 Å². The summed E-state index contributed by atoms with van der Waals surface area (Å²) in [4.78, 5) is 4.22. The topological polar surface area (TPSA) is 24.9 Å². The highest BCUT2D eigenvalue weighted by molar-refractivity contribution is 6.35. The number of hydrogen-bond acceptors (Lipinski definition) is 2. The van der Waals surface area contributed by atoms with E-state index in [4.69, 9.17) is 23.2 Å². The Morgan fingerprint density at radius 2 is 1.76 bits per heavy atom. The predicted octanol–water partition coefficient (Wildman–Crippen LogP) is 5.29. The number of nitrogens with one attached hydrogen (secondary N) is 1. The summed E-state index contributed by atoms with van der Waals surface area (Å²) in [5.41, 5.74) is 1.71. The van der Waals surface area contributed by atoms with Gasteiger partial charge in [-0.05, 0) is 23.1 Å². The summed E-state index contributed by atoms with van der Waals surface area (Å²) in [5, 5.41) is 5.39. The van der Waals surface area contributed by atoms with Gasteiger partial charge >= 0.3 is 0 Å². The van der Waals surface area contributed by atoms with Crippen LogP contribution >= 0.6 is 23.2 Å². The number of hydrogen-bond donors (Lipinski definition) is 1. The molecule has 0 bridgehead atoms. The minimum atomic E-state index is -0.601. The smallest absolute Gasteiger partial charge is 0.160 e. The van der Waals surface area contributed by atoms with E-state index in [1.165, 1.54) is 12.1 Å². The maximum Gasteiger partial charge on any atom is 0.160 e. The average molecular weight is 321 g/mol. The number of anilines is 1. The maximum atomic E-state index is 13.4. The van der Waals surface area contributed by atoms with Crippen LogP contribution in [0, 0.1) is 5.82 Å². The molecular weight excluding hydrogens is 310 g/mol. The van der Waals surface area contributed by atoms with Gasteiger partial charge < -0.3 is 5.32 Å². The van der Waals surface area contributed by atoms with Gasteiger partial charge in [0.1, 0.15) is 0 Å². The molecule has 1 N–H and O–H groups in total. The Balaban J connectivity index is 1.87. The quantitative estimate of drug-likeness (QED) is 0.663. The van der Waals surface area contributed by atoms with Gasteiger partial charge in [0, 0.05) is 30.0 Å². The molecule has 0 aliphatic rings. The van der Waals surface area contributed by atoms with Crippen LogP contribution in [0.1, 0.15) is 5.56 Å². The zero-order valence-corrected chi connectivity index (χ0v) is 12.4. The van der Waals surface area contributed by atoms with E-state index in [1.54, 1.807) is 0 Å². The Kier molecular flexibility index (Phi) is 3.95. The van der Waals surface area contributed by atoms with Crippen molar-refractivity contribution in [3.63, 3.8) is 0 Å². The molecule has 0 spiro atoms. The molecule has 0 amide bonds. The highest BCUT2D eigenvalue weighted by Crippen LogP contribution is 2.28. The zero-order chi connectivity index (χ0) is 14.8. The van der Waals surface area contributed by atoms with E-state index in [2.05, 4.69) is 10.3 Å². The lowest BCUT2D eigenvalue weighted by molar-refractivity contribution is 0.629. The van der Waals surface area contributed by atoms with E-state index >= 15 is 0 Å². The second kappa shape index (κ2) is 5.88. The average Bonchev–Trinajstić information content (AvgIpc) is 2.50. The van der Waals surface area contributed by atoms with E-state index in [0.717, 1.165) is 16.3 Å². The lowest BCUT2D eigenvalue weighted by Gasteiger charge is -2.10. The maximum absolute atomic E-state index is 13.4. The van der Waals surface area contributed by atoms with Crippen LogP contribution in [-0.2, 0) is 6.54 Å². The van der Waals surface area contributed by atoms with Crippen molar-refractivity contribution in [3.8, 4) is 0 Å². The van der Waals surface area contributed by atoms with E-state index in [9.17, 15) is 4.39 Å². The molecule has 21 heavy (non-hydrogen) atoms. The minimum absolute atomic E-state index is 0.000967. The molecule has 1 aromatic heterocycles. The van der Waals surface area contributed by atoms with Crippen molar-refractivity contribution in [3.05, 3.63) is 70.2 Å². The van der Waals surface area contributed by atoms with Crippen LogP contribution in [0.15, 0.2) is 48.8 Å². The zero-order valence-electron chi connectivity index (χ0n) is 10.9. The monoisotopic (exact) mass is 320 g/mol. The lowest BCUT2D eigenvalue weighted by atomic mass is 10.1. The normalized spacial score (nSPS) is 10.8. The molecule has 0 saturated carbocycles. The van der Waals surface area contributed by atoms with Crippen molar-refractivity contribution < 1.29 is 4.39 Å². The van der Waals surface area contributed by atoms with Crippen LogP contribution in [0.5, 0.6) is 0 Å². The highest BCUT2D eigenvalue weighted by atomic mass is 35.5. The fourth-order valence-electron chi connectivity index (χ4n) is 2.17. The molecule has 2 nitrogen and oxygen atoms in total. The first-order chi connectivity index (χ1) is 10.1. The van der Waals surface area contributed by atoms with E-state index in [-0.39, 0.29) is 10.0 Å². The van der Waals surface area contributed by atoms with Crippen LogP contribution < -0.4 is 5.32 Å². The van der Waals surface area contributed by atoms with Crippen LogP contribution in [-0.4, -0.2) is 4.98 Å². The molecule has 0 unspecified atom stereocenters. The van der Waals surface area contributed by atoms with Gasteiger partial charge in [-0.15, -0.1) is 0 Å². The van der Waals surface area contributed by atoms with Crippen molar-refractivity contribution in [2.45, 2.75) is 6.54 Å². The Morgan fingerprint density at radius 3 is 2.52 bits per heavy atom. The van der Waals surface area contributed by atoms with Crippen molar-refractivity contribution in [2.75, 3.05) is 5.32 Å². The molecule has 3 rings (SSSR count). The summed E-state index contributed by atoms with van der Waals surface area (Å²) >= 11 is 11.6. The summed E-state index contributed by atoms with van der Waals surface area (Å²) in [5.74, 6) is -0.601. The Hall–Kier alpha value is -1.84. The predicted molar refractivity (Wildman–Crippen MR) is 85.5 cm³/mol. The Morgan fingerprint density at radius 1 is 1.05 bits per heavy atom. The summed E-state index contributed by atoms with van der Waals surface area (Å²) < 4.78 is 13.4. The molecule has 0 aliphatic heterocycles.